The van der Waals surface area contributed by atoms with E-state index in [4.69, 9.17) is 5.11 Å². The summed E-state index contributed by atoms with van der Waals surface area (Å²) in [6.45, 7) is 4.16. The van der Waals surface area contributed by atoms with Crippen molar-refractivity contribution >= 4 is 12.0 Å². The van der Waals surface area contributed by atoms with Gasteiger partial charge in [-0.05, 0) is 38.5 Å². The number of hydrogen-bond donors (Lipinski definition) is 2. The van der Waals surface area contributed by atoms with Gasteiger partial charge in [0.1, 0.15) is 11.6 Å². The number of carbonyl (C=O) groups is 2. The molecule has 7 nitrogen and oxygen atoms in total. The molecule has 8 heteroatoms. The van der Waals surface area contributed by atoms with Crippen LogP contribution in [0.15, 0.2) is 24.3 Å². The monoisotopic (exact) mass is 358 g/mol. The molecule has 2 heterocycles. The Hall–Kier alpha value is -3.03. The SMILES string of the molecule is Cc1cc(-c2ccc(C(=O)NC3CCN(C(=O)O)C3)c(F)c2)nc(C)n1. The normalized spacial score (nSPS) is 16.6. The largest absolute Gasteiger partial charge is 0.465 e. The molecule has 3 rings (SSSR count). The number of aromatic nitrogens is 2. The van der Waals surface area contributed by atoms with Crippen LogP contribution in [0.4, 0.5) is 9.18 Å². The highest BCUT2D eigenvalue weighted by molar-refractivity contribution is 5.95. The van der Waals surface area contributed by atoms with E-state index in [0.29, 0.717) is 30.0 Å². The summed E-state index contributed by atoms with van der Waals surface area (Å²) in [5.41, 5.74) is 1.85. The maximum Gasteiger partial charge on any atom is 0.407 e. The van der Waals surface area contributed by atoms with E-state index in [1.54, 1.807) is 19.1 Å². The first kappa shape index (κ1) is 17.8. The predicted molar refractivity (Wildman–Crippen MR) is 92.4 cm³/mol. The standard InChI is InChI=1S/C18H19FN4O3/c1-10-7-16(21-11(2)20-10)12-3-4-14(15(19)8-12)17(24)22-13-5-6-23(9-13)18(25)26/h3-4,7-8,13H,5-6,9H2,1-2H3,(H,22,24)(H,25,26). The van der Waals surface area contributed by atoms with E-state index in [-0.39, 0.29) is 18.2 Å². The van der Waals surface area contributed by atoms with Gasteiger partial charge >= 0.3 is 6.09 Å². The molecule has 2 amide bonds. The Labute approximate surface area is 149 Å². The Morgan fingerprint density at radius 2 is 2.04 bits per heavy atom. The number of rotatable bonds is 3. The summed E-state index contributed by atoms with van der Waals surface area (Å²) in [4.78, 5) is 32.9. The molecule has 0 bridgehead atoms. The molecule has 0 aliphatic carbocycles. The zero-order chi connectivity index (χ0) is 18.8. The number of amides is 2. The molecule has 1 fully saturated rings. The molecule has 136 valence electrons. The van der Waals surface area contributed by atoms with E-state index in [2.05, 4.69) is 15.3 Å². The van der Waals surface area contributed by atoms with Crippen molar-refractivity contribution in [1.82, 2.24) is 20.2 Å². The van der Waals surface area contributed by atoms with Gasteiger partial charge < -0.3 is 15.3 Å². The maximum atomic E-state index is 14.5. The number of likely N-dealkylation sites (tertiary alicyclic amines) is 1. The Morgan fingerprint density at radius 3 is 2.65 bits per heavy atom. The van der Waals surface area contributed by atoms with Gasteiger partial charge in [-0.3, -0.25) is 4.79 Å². The topological polar surface area (TPSA) is 95.4 Å². The Morgan fingerprint density at radius 1 is 1.27 bits per heavy atom. The number of carbonyl (C=O) groups excluding carboxylic acids is 1. The van der Waals surface area contributed by atoms with Gasteiger partial charge in [-0.25, -0.2) is 19.2 Å². The highest BCUT2D eigenvalue weighted by atomic mass is 19.1. The smallest absolute Gasteiger partial charge is 0.407 e. The molecule has 1 aromatic heterocycles. The highest BCUT2D eigenvalue weighted by Gasteiger charge is 2.27. The molecule has 0 saturated carbocycles. The average molecular weight is 358 g/mol. The number of nitrogens with zero attached hydrogens (tertiary/aromatic N) is 3. The molecule has 0 radical (unpaired) electrons. The van der Waals surface area contributed by atoms with Gasteiger partial charge in [0.05, 0.1) is 11.3 Å². The van der Waals surface area contributed by atoms with Crippen molar-refractivity contribution in [3.05, 3.63) is 47.2 Å². The summed E-state index contributed by atoms with van der Waals surface area (Å²) in [5, 5.41) is 11.6. The summed E-state index contributed by atoms with van der Waals surface area (Å²) in [5.74, 6) is -0.616. The van der Waals surface area contributed by atoms with Crippen LogP contribution in [-0.4, -0.2) is 51.1 Å². The number of carboxylic acid groups (broad SMARTS) is 1. The molecule has 1 aromatic carbocycles. The maximum absolute atomic E-state index is 14.5. The van der Waals surface area contributed by atoms with Crippen LogP contribution in [0.25, 0.3) is 11.3 Å². The van der Waals surface area contributed by atoms with E-state index in [0.717, 1.165) is 5.69 Å². The molecule has 2 aromatic rings. The van der Waals surface area contributed by atoms with Gasteiger partial charge in [0, 0.05) is 30.4 Å². The average Bonchev–Trinajstić information content (AvgIpc) is 3.02. The molecular weight excluding hydrogens is 339 g/mol. The third kappa shape index (κ3) is 3.79. The Bertz CT molecular complexity index is 851. The number of nitrogens with one attached hydrogen (secondary N) is 1. The molecule has 0 spiro atoms. The summed E-state index contributed by atoms with van der Waals surface area (Å²) in [7, 11) is 0. The molecule has 1 unspecified atom stereocenters. The van der Waals surface area contributed by atoms with Crippen LogP contribution in [-0.2, 0) is 0 Å². The summed E-state index contributed by atoms with van der Waals surface area (Å²) in [6.07, 6.45) is -0.509. The molecular formula is C18H19FN4O3. The van der Waals surface area contributed by atoms with Gasteiger partial charge in [-0.2, -0.15) is 0 Å². The molecule has 1 aliphatic rings. The van der Waals surface area contributed by atoms with Gasteiger partial charge in [0.15, 0.2) is 0 Å². The molecule has 1 atom stereocenters. The lowest BCUT2D eigenvalue weighted by Gasteiger charge is -2.14. The fraction of sp³-hybridized carbons (Fsp3) is 0.333. The van der Waals surface area contributed by atoms with Crippen molar-refractivity contribution in [2.45, 2.75) is 26.3 Å². The lowest BCUT2D eigenvalue weighted by atomic mass is 10.1. The first-order valence-corrected chi connectivity index (χ1v) is 8.24. The number of aryl methyl sites for hydroxylation is 2. The quantitative estimate of drug-likeness (QED) is 0.878. The van der Waals surface area contributed by atoms with Gasteiger partial charge in [-0.1, -0.05) is 6.07 Å². The molecule has 1 aliphatic heterocycles. The van der Waals surface area contributed by atoms with E-state index in [9.17, 15) is 14.0 Å². The van der Waals surface area contributed by atoms with Gasteiger partial charge in [0.25, 0.3) is 5.91 Å². The lowest BCUT2D eigenvalue weighted by Crippen LogP contribution is -2.38. The van der Waals surface area contributed by atoms with Crippen molar-refractivity contribution in [1.29, 1.82) is 0 Å². The zero-order valence-electron chi connectivity index (χ0n) is 14.5. The second-order valence-corrected chi connectivity index (χ2v) is 6.32. The van der Waals surface area contributed by atoms with Gasteiger partial charge in [0.2, 0.25) is 0 Å². The summed E-state index contributed by atoms with van der Waals surface area (Å²) >= 11 is 0. The minimum absolute atomic E-state index is 0.0787. The predicted octanol–water partition coefficient (Wildman–Crippen LogP) is 2.38. The van der Waals surface area contributed by atoms with Crippen molar-refractivity contribution in [2.24, 2.45) is 0 Å². The second kappa shape index (κ2) is 7.07. The summed E-state index contributed by atoms with van der Waals surface area (Å²) in [6, 6.07) is 5.76. The van der Waals surface area contributed by atoms with Crippen LogP contribution >= 0.6 is 0 Å². The third-order valence-corrected chi connectivity index (χ3v) is 4.27. The minimum Gasteiger partial charge on any atom is -0.465 e. The van der Waals surface area contributed by atoms with E-state index in [1.165, 1.54) is 17.0 Å². The fourth-order valence-corrected chi connectivity index (χ4v) is 3.04. The number of benzene rings is 1. The van der Waals surface area contributed by atoms with Crippen LogP contribution in [0, 0.1) is 19.7 Å². The molecule has 2 N–H and O–H groups in total. The van der Waals surface area contributed by atoms with Crippen LogP contribution in [0.2, 0.25) is 0 Å². The third-order valence-electron chi connectivity index (χ3n) is 4.27. The van der Waals surface area contributed by atoms with Crippen LogP contribution in [0.3, 0.4) is 0 Å². The highest BCUT2D eigenvalue weighted by Crippen LogP contribution is 2.21. The number of halogens is 1. The number of hydrogen-bond acceptors (Lipinski definition) is 4. The van der Waals surface area contributed by atoms with E-state index in [1.807, 2.05) is 6.92 Å². The van der Waals surface area contributed by atoms with Gasteiger partial charge in [-0.15, -0.1) is 0 Å². The molecule has 26 heavy (non-hydrogen) atoms. The van der Waals surface area contributed by atoms with Crippen molar-refractivity contribution in [3.8, 4) is 11.3 Å². The zero-order valence-corrected chi connectivity index (χ0v) is 14.5. The van der Waals surface area contributed by atoms with E-state index >= 15 is 0 Å². The fourth-order valence-electron chi connectivity index (χ4n) is 3.04. The molecule has 1 saturated heterocycles. The Kier molecular flexibility index (Phi) is 4.83. The second-order valence-electron chi connectivity index (χ2n) is 6.32. The summed E-state index contributed by atoms with van der Waals surface area (Å²) < 4.78 is 14.5. The van der Waals surface area contributed by atoms with Crippen molar-refractivity contribution in [2.75, 3.05) is 13.1 Å². The van der Waals surface area contributed by atoms with E-state index < -0.39 is 17.8 Å². The van der Waals surface area contributed by atoms with Crippen LogP contribution in [0.5, 0.6) is 0 Å². The van der Waals surface area contributed by atoms with Crippen LogP contribution < -0.4 is 5.32 Å². The lowest BCUT2D eigenvalue weighted by molar-refractivity contribution is 0.0931. The van der Waals surface area contributed by atoms with Crippen molar-refractivity contribution in [3.63, 3.8) is 0 Å². The first-order chi connectivity index (χ1) is 12.3. The van der Waals surface area contributed by atoms with Crippen LogP contribution in [0.1, 0.15) is 28.3 Å². The Balaban J connectivity index is 1.75. The van der Waals surface area contributed by atoms with Crippen molar-refractivity contribution < 1.29 is 19.1 Å². The minimum atomic E-state index is -1.02. The first-order valence-electron chi connectivity index (χ1n) is 8.24.